The van der Waals surface area contributed by atoms with Crippen molar-refractivity contribution in [1.29, 1.82) is 0 Å². The summed E-state index contributed by atoms with van der Waals surface area (Å²) in [6, 6.07) is 0. The van der Waals surface area contributed by atoms with Gasteiger partial charge in [-0.2, -0.15) is 0 Å². The molecule has 104 valence electrons. The highest BCUT2D eigenvalue weighted by Crippen LogP contribution is 2.04. The molecule has 0 radical (unpaired) electrons. The van der Waals surface area contributed by atoms with Gasteiger partial charge in [0.05, 0.1) is 0 Å². The lowest BCUT2D eigenvalue weighted by atomic mass is 10.1. The van der Waals surface area contributed by atoms with Crippen LogP contribution in [-0.2, 0) is 4.79 Å². The molecule has 19 heavy (non-hydrogen) atoms. The number of allylic oxidation sites excluding steroid dienone is 2. The van der Waals surface area contributed by atoms with E-state index in [1.54, 1.807) is 0 Å². The lowest BCUT2D eigenvalue weighted by Gasteiger charge is -2.06. The van der Waals surface area contributed by atoms with E-state index in [9.17, 15) is 4.79 Å². The molecule has 2 nitrogen and oxygen atoms in total. The molecule has 0 aromatic carbocycles. The zero-order valence-corrected chi connectivity index (χ0v) is 12.2. The number of amides is 1. The smallest absolute Gasteiger partial charge is 0.220 e. The summed E-state index contributed by atoms with van der Waals surface area (Å²) in [4.78, 5) is 11.4. The maximum absolute atomic E-state index is 11.4. The number of unbranched alkanes of at least 4 members (excludes halogenated alkanes) is 3. The van der Waals surface area contributed by atoms with Crippen molar-refractivity contribution in [3.63, 3.8) is 0 Å². The number of rotatable bonds is 9. The SMILES string of the molecule is C#CC#CCC=CCCCCCC(=O)NCC(C)C. The van der Waals surface area contributed by atoms with E-state index in [1.807, 2.05) is 6.08 Å². The summed E-state index contributed by atoms with van der Waals surface area (Å²) in [6.45, 7) is 4.97. The Hall–Kier alpha value is -1.67. The van der Waals surface area contributed by atoms with Crippen LogP contribution < -0.4 is 5.32 Å². The summed E-state index contributed by atoms with van der Waals surface area (Å²) >= 11 is 0. The molecule has 0 saturated heterocycles. The average molecular weight is 259 g/mol. The monoisotopic (exact) mass is 259 g/mol. The number of hydrogen-bond donors (Lipinski definition) is 1. The minimum absolute atomic E-state index is 0.175. The first-order valence-corrected chi connectivity index (χ1v) is 7.02. The molecule has 0 aliphatic rings. The van der Waals surface area contributed by atoms with E-state index in [2.05, 4.69) is 43.0 Å². The summed E-state index contributed by atoms with van der Waals surface area (Å²) < 4.78 is 0. The molecule has 0 atom stereocenters. The maximum atomic E-state index is 11.4. The Balaban J connectivity index is 3.36. The van der Waals surface area contributed by atoms with Gasteiger partial charge in [-0.3, -0.25) is 4.79 Å². The summed E-state index contributed by atoms with van der Waals surface area (Å²) in [6.07, 6.45) is 14.8. The summed E-state index contributed by atoms with van der Waals surface area (Å²) in [5.41, 5.74) is 0. The second-order valence-electron chi connectivity index (χ2n) is 4.92. The van der Waals surface area contributed by atoms with Crippen LogP contribution in [0.2, 0.25) is 0 Å². The van der Waals surface area contributed by atoms with E-state index in [0.717, 1.165) is 38.6 Å². The van der Waals surface area contributed by atoms with Gasteiger partial charge in [0.25, 0.3) is 0 Å². The second kappa shape index (κ2) is 12.8. The number of carbonyl (C=O) groups is 1. The number of terminal acetylenes is 1. The number of hydrogen-bond acceptors (Lipinski definition) is 1. The van der Waals surface area contributed by atoms with Gasteiger partial charge in [-0.15, -0.1) is 6.42 Å². The molecule has 0 spiro atoms. The fraction of sp³-hybridized carbons (Fsp3) is 0.588. The fourth-order valence-corrected chi connectivity index (χ4v) is 1.49. The van der Waals surface area contributed by atoms with E-state index in [-0.39, 0.29) is 5.91 Å². The Kier molecular flexibility index (Phi) is 11.7. The third-order valence-electron chi connectivity index (χ3n) is 2.53. The quantitative estimate of drug-likeness (QED) is 0.384. The first-order valence-electron chi connectivity index (χ1n) is 7.02. The van der Waals surface area contributed by atoms with Crippen molar-refractivity contribution in [3.8, 4) is 24.2 Å². The van der Waals surface area contributed by atoms with E-state index >= 15 is 0 Å². The zero-order chi connectivity index (χ0) is 14.3. The van der Waals surface area contributed by atoms with Crippen LogP contribution in [0.3, 0.4) is 0 Å². The van der Waals surface area contributed by atoms with Gasteiger partial charge in [0.15, 0.2) is 0 Å². The van der Waals surface area contributed by atoms with E-state index in [0.29, 0.717) is 12.3 Å². The zero-order valence-electron chi connectivity index (χ0n) is 12.2. The topological polar surface area (TPSA) is 29.1 Å². The Morgan fingerprint density at radius 2 is 2.05 bits per heavy atom. The Labute approximate surface area is 118 Å². The minimum atomic E-state index is 0.175. The molecule has 1 N–H and O–H groups in total. The van der Waals surface area contributed by atoms with Crippen molar-refractivity contribution in [1.82, 2.24) is 5.32 Å². The van der Waals surface area contributed by atoms with Crippen LogP contribution in [-0.4, -0.2) is 12.5 Å². The molecule has 0 heterocycles. The molecule has 0 unspecified atom stereocenters. The van der Waals surface area contributed by atoms with Crippen molar-refractivity contribution in [3.05, 3.63) is 12.2 Å². The highest BCUT2D eigenvalue weighted by atomic mass is 16.1. The van der Waals surface area contributed by atoms with Crippen molar-refractivity contribution >= 4 is 5.91 Å². The summed E-state index contributed by atoms with van der Waals surface area (Å²) in [5.74, 6) is 8.40. The lowest BCUT2D eigenvalue weighted by Crippen LogP contribution is -2.26. The normalized spacial score (nSPS) is 10.0. The van der Waals surface area contributed by atoms with Crippen LogP contribution in [0.15, 0.2) is 12.2 Å². The Morgan fingerprint density at radius 1 is 1.26 bits per heavy atom. The standard InChI is InChI=1S/C17H25NO/c1-4-5-6-7-8-9-10-11-12-13-14-17(19)18-15-16(2)3/h1,8-9,16H,7,10-15H2,2-3H3,(H,18,19). The Morgan fingerprint density at radius 3 is 2.74 bits per heavy atom. The van der Waals surface area contributed by atoms with E-state index < -0.39 is 0 Å². The third kappa shape index (κ3) is 14.3. The molecule has 0 fully saturated rings. The molecule has 0 bridgehead atoms. The first kappa shape index (κ1) is 17.3. The highest BCUT2D eigenvalue weighted by molar-refractivity contribution is 5.75. The second-order valence-corrected chi connectivity index (χ2v) is 4.92. The van der Waals surface area contributed by atoms with Gasteiger partial charge in [-0.05, 0) is 37.0 Å². The predicted molar refractivity (Wildman–Crippen MR) is 81.3 cm³/mol. The number of nitrogens with one attached hydrogen (secondary N) is 1. The molecule has 0 aliphatic carbocycles. The van der Waals surface area contributed by atoms with Gasteiger partial charge in [0, 0.05) is 19.4 Å². The van der Waals surface area contributed by atoms with Crippen LogP contribution >= 0.6 is 0 Å². The van der Waals surface area contributed by atoms with E-state index in [1.165, 1.54) is 0 Å². The molecule has 0 rings (SSSR count). The third-order valence-corrected chi connectivity index (χ3v) is 2.53. The van der Waals surface area contributed by atoms with Gasteiger partial charge in [0.1, 0.15) is 0 Å². The van der Waals surface area contributed by atoms with E-state index in [4.69, 9.17) is 6.42 Å². The molecule has 1 amide bonds. The highest BCUT2D eigenvalue weighted by Gasteiger charge is 2.01. The molecular weight excluding hydrogens is 234 g/mol. The van der Waals surface area contributed by atoms with Gasteiger partial charge in [-0.25, -0.2) is 0 Å². The van der Waals surface area contributed by atoms with Gasteiger partial charge in [0.2, 0.25) is 5.91 Å². The van der Waals surface area contributed by atoms with Gasteiger partial charge >= 0.3 is 0 Å². The predicted octanol–water partition coefficient (Wildman–Crippen LogP) is 3.29. The molecule has 2 heteroatoms. The van der Waals surface area contributed by atoms with Crippen molar-refractivity contribution in [2.45, 2.75) is 52.4 Å². The number of carbonyl (C=O) groups excluding carboxylic acids is 1. The summed E-state index contributed by atoms with van der Waals surface area (Å²) in [7, 11) is 0. The fourth-order valence-electron chi connectivity index (χ4n) is 1.49. The van der Waals surface area contributed by atoms with Crippen LogP contribution in [0, 0.1) is 30.1 Å². The molecule has 0 aromatic rings. The van der Waals surface area contributed by atoms with Gasteiger partial charge in [-0.1, -0.05) is 38.3 Å². The van der Waals surface area contributed by atoms with Crippen molar-refractivity contribution in [2.75, 3.05) is 6.54 Å². The van der Waals surface area contributed by atoms with Crippen molar-refractivity contribution in [2.24, 2.45) is 5.92 Å². The minimum Gasteiger partial charge on any atom is -0.356 e. The maximum Gasteiger partial charge on any atom is 0.220 e. The van der Waals surface area contributed by atoms with Crippen molar-refractivity contribution < 1.29 is 4.79 Å². The van der Waals surface area contributed by atoms with Crippen LogP contribution in [0.25, 0.3) is 0 Å². The average Bonchev–Trinajstić information content (AvgIpc) is 2.38. The molecule has 0 aliphatic heterocycles. The van der Waals surface area contributed by atoms with Crippen LogP contribution in [0.4, 0.5) is 0 Å². The summed E-state index contributed by atoms with van der Waals surface area (Å²) in [5, 5.41) is 2.93. The molecule has 0 aromatic heterocycles. The lowest BCUT2D eigenvalue weighted by molar-refractivity contribution is -0.121. The van der Waals surface area contributed by atoms with Crippen LogP contribution in [0.5, 0.6) is 0 Å². The first-order chi connectivity index (χ1) is 9.16. The Bertz CT molecular complexity index is 363. The molecular formula is C17H25NO. The van der Waals surface area contributed by atoms with Gasteiger partial charge < -0.3 is 5.32 Å². The van der Waals surface area contributed by atoms with Crippen LogP contribution in [0.1, 0.15) is 52.4 Å². The largest absolute Gasteiger partial charge is 0.356 e. The molecule has 0 saturated carbocycles.